The third-order valence-corrected chi connectivity index (χ3v) is 3.16. The number of pyridine rings is 1. The number of hydrogen-bond acceptors (Lipinski definition) is 2. The Balaban J connectivity index is 2.77. The first kappa shape index (κ1) is 12.1. The van der Waals surface area contributed by atoms with E-state index < -0.39 is 0 Å². The zero-order valence-electron chi connectivity index (χ0n) is 9.08. The second kappa shape index (κ2) is 4.86. The molecule has 0 spiro atoms. The molecule has 2 nitrogen and oxygen atoms in total. The standard InChI is InChI=1S/C13H9Cl2NO/c1-8-5-6-16-13(9(8)7-17)12-10(14)3-2-4-11(12)15/h2-7H,1H3. The number of halogens is 2. The first-order valence-corrected chi connectivity index (χ1v) is 5.76. The van der Waals surface area contributed by atoms with Gasteiger partial charge < -0.3 is 0 Å². The van der Waals surface area contributed by atoms with E-state index in [1.54, 1.807) is 30.5 Å². The minimum atomic E-state index is 0.485. The van der Waals surface area contributed by atoms with Crippen LogP contribution in [0.2, 0.25) is 10.0 Å². The summed E-state index contributed by atoms with van der Waals surface area (Å²) in [6.07, 6.45) is 2.41. The van der Waals surface area contributed by atoms with Gasteiger partial charge in [0.05, 0.1) is 15.7 Å². The lowest BCUT2D eigenvalue weighted by Gasteiger charge is -2.09. The van der Waals surface area contributed by atoms with E-state index in [9.17, 15) is 4.79 Å². The zero-order valence-corrected chi connectivity index (χ0v) is 10.6. The molecule has 2 aromatic rings. The largest absolute Gasteiger partial charge is 0.298 e. The van der Waals surface area contributed by atoms with Crippen LogP contribution >= 0.6 is 23.2 Å². The fraction of sp³-hybridized carbons (Fsp3) is 0.0769. The van der Waals surface area contributed by atoms with Crippen LogP contribution in [0.25, 0.3) is 11.3 Å². The molecule has 0 bridgehead atoms. The van der Waals surface area contributed by atoms with Crippen LogP contribution < -0.4 is 0 Å². The Morgan fingerprint density at radius 2 is 1.82 bits per heavy atom. The van der Waals surface area contributed by atoms with Gasteiger partial charge >= 0.3 is 0 Å². The summed E-state index contributed by atoms with van der Waals surface area (Å²) >= 11 is 12.2. The molecule has 0 amide bonds. The summed E-state index contributed by atoms with van der Waals surface area (Å²) in [6, 6.07) is 6.98. The number of nitrogens with zero attached hydrogens (tertiary/aromatic N) is 1. The van der Waals surface area contributed by atoms with Crippen molar-refractivity contribution in [1.82, 2.24) is 4.98 Å². The molecule has 0 saturated carbocycles. The van der Waals surface area contributed by atoms with Crippen LogP contribution in [-0.2, 0) is 0 Å². The molecule has 1 aromatic carbocycles. The fourth-order valence-corrected chi connectivity index (χ4v) is 2.22. The number of carbonyl (C=O) groups is 1. The molecule has 17 heavy (non-hydrogen) atoms. The van der Waals surface area contributed by atoms with Gasteiger partial charge in [-0.1, -0.05) is 29.3 Å². The molecular formula is C13H9Cl2NO. The molecule has 0 aliphatic heterocycles. The molecule has 1 heterocycles. The topological polar surface area (TPSA) is 30.0 Å². The average Bonchev–Trinajstić information content (AvgIpc) is 2.29. The second-order valence-corrected chi connectivity index (χ2v) is 4.42. The summed E-state index contributed by atoms with van der Waals surface area (Å²) in [5.41, 5.74) is 2.49. The monoisotopic (exact) mass is 265 g/mol. The number of rotatable bonds is 2. The molecule has 0 N–H and O–H groups in total. The Bertz CT molecular complexity index is 561. The van der Waals surface area contributed by atoms with Crippen LogP contribution in [-0.4, -0.2) is 11.3 Å². The van der Waals surface area contributed by atoms with Crippen LogP contribution in [0.4, 0.5) is 0 Å². The Labute approximate surface area is 109 Å². The molecule has 0 radical (unpaired) electrons. The Morgan fingerprint density at radius 1 is 1.18 bits per heavy atom. The molecule has 4 heteroatoms. The van der Waals surface area contributed by atoms with Crippen LogP contribution in [0, 0.1) is 6.92 Å². The van der Waals surface area contributed by atoms with Crippen molar-refractivity contribution in [2.24, 2.45) is 0 Å². The van der Waals surface area contributed by atoms with Gasteiger partial charge in [0.2, 0.25) is 0 Å². The predicted molar refractivity (Wildman–Crippen MR) is 69.8 cm³/mol. The van der Waals surface area contributed by atoms with Crippen LogP contribution in [0.15, 0.2) is 30.5 Å². The van der Waals surface area contributed by atoms with Crippen molar-refractivity contribution in [3.63, 3.8) is 0 Å². The summed E-state index contributed by atoms with van der Waals surface area (Å²) in [6.45, 7) is 1.85. The predicted octanol–water partition coefficient (Wildman–Crippen LogP) is 4.18. The van der Waals surface area contributed by atoms with Gasteiger partial charge in [0.15, 0.2) is 6.29 Å². The van der Waals surface area contributed by atoms with Crippen LogP contribution in [0.5, 0.6) is 0 Å². The quantitative estimate of drug-likeness (QED) is 0.763. The first-order chi connectivity index (χ1) is 8.15. The normalized spacial score (nSPS) is 10.3. The number of aromatic nitrogens is 1. The minimum absolute atomic E-state index is 0.485. The molecule has 0 saturated heterocycles. The van der Waals surface area contributed by atoms with Gasteiger partial charge in [-0.05, 0) is 30.7 Å². The SMILES string of the molecule is Cc1ccnc(-c2c(Cl)cccc2Cl)c1C=O. The zero-order chi connectivity index (χ0) is 12.4. The lowest BCUT2D eigenvalue weighted by Crippen LogP contribution is -1.96. The van der Waals surface area contributed by atoms with Gasteiger partial charge in [-0.2, -0.15) is 0 Å². The molecule has 86 valence electrons. The van der Waals surface area contributed by atoms with Gasteiger partial charge in [-0.25, -0.2) is 0 Å². The van der Waals surface area contributed by atoms with Crippen LogP contribution in [0.3, 0.4) is 0 Å². The number of hydrogen-bond donors (Lipinski definition) is 0. The molecule has 0 atom stereocenters. The van der Waals surface area contributed by atoms with Gasteiger partial charge in [0.25, 0.3) is 0 Å². The van der Waals surface area contributed by atoms with Crippen molar-refractivity contribution in [3.8, 4) is 11.3 Å². The van der Waals surface area contributed by atoms with E-state index >= 15 is 0 Å². The summed E-state index contributed by atoms with van der Waals surface area (Å²) in [5.74, 6) is 0. The van der Waals surface area contributed by atoms with E-state index in [-0.39, 0.29) is 0 Å². The molecule has 0 aliphatic rings. The van der Waals surface area contributed by atoms with E-state index in [1.807, 2.05) is 6.92 Å². The van der Waals surface area contributed by atoms with Gasteiger partial charge in [-0.3, -0.25) is 9.78 Å². The molecule has 0 unspecified atom stereocenters. The lowest BCUT2D eigenvalue weighted by atomic mass is 10.0. The number of aryl methyl sites for hydroxylation is 1. The van der Waals surface area contributed by atoms with Gasteiger partial charge in [0, 0.05) is 17.3 Å². The summed E-state index contributed by atoms with van der Waals surface area (Å²) in [5, 5.41) is 0.970. The van der Waals surface area contributed by atoms with E-state index in [4.69, 9.17) is 23.2 Å². The number of carbonyl (C=O) groups excluding carboxylic acids is 1. The summed E-state index contributed by atoms with van der Waals surface area (Å²) < 4.78 is 0. The third-order valence-electron chi connectivity index (χ3n) is 2.53. The minimum Gasteiger partial charge on any atom is -0.298 e. The summed E-state index contributed by atoms with van der Waals surface area (Å²) in [7, 11) is 0. The first-order valence-electron chi connectivity index (χ1n) is 5.00. The fourth-order valence-electron chi connectivity index (χ4n) is 1.64. The summed E-state index contributed by atoms with van der Waals surface area (Å²) in [4.78, 5) is 15.3. The van der Waals surface area contributed by atoms with Gasteiger partial charge in [0.1, 0.15) is 0 Å². The smallest absolute Gasteiger partial charge is 0.152 e. The van der Waals surface area contributed by atoms with Crippen LogP contribution in [0.1, 0.15) is 15.9 Å². The lowest BCUT2D eigenvalue weighted by molar-refractivity contribution is 0.112. The van der Waals surface area contributed by atoms with Crippen molar-refractivity contribution in [3.05, 3.63) is 51.6 Å². The molecule has 0 aliphatic carbocycles. The number of benzene rings is 1. The highest BCUT2D eigenvalue weighted by molar-refractivity contribution is 6.39. The Hall–Kier alpha value is -1.38. The highest BCUT2D eigenvalue weighted by atomic mass is 35.5. The Morgan fingerprint density at radius 3 is 2.41 bits per heavy atom. The third kappa shape index (κ3) is 2.19. The van der Waals surface area contributed by atoms with Crippen molar-refractivity contribution in [2.45, 2.75) is 6.92 Å². The average molecular weight is 266 g/mol. The maximum atomic E-state index is 11.1. The highest BCUT2D eigenvalue weighted by Gasteiger charge is 2.14. The van der Waals surface area contributed by atoms with E-state index in [0.29, 0.717) is 26.9 Å². The second-order valence-electron chi connectivity index (χ2n) is 3.60. The maximum Gasteiger partial charge on any atom is 0.152 e. The number of aldehydes is 1. The van der Waals surface area contributed by atoms with Gasteiger partial charge in [-0.15, -0.1) is 0 Å². The van der Waals surface area contributed by atoms with Crippen molar-refractivity contribution >= 4 is 29.5 Å². The molecule has 0 fully saturated rings. The van der Waals surface area contributed by atoms with E-state index in [0.717, 1.165) is 11.8 Å². The van der Waals surface area contributed by atoms with Crippen molar-refractivity contribution in [2.75, 3.05) is 0 Å². The van der Waals surface area contributed by atoms with E-state index in [1.165, 1.54) is 0 Å². The van der Waals surface area contributed by atoms with Crippen molar-refractivity contribution in [1.29, 1.82) is 0 Å². The van der Waals surface area contributed by atoms with E-state index in [2.05, 4.69) is 4.98 Å². The Kier molecular flexibility index (Phi) is 3.46. The maximum absolute atomic E-state index is 11.1. The molecule has 1 aromatic heterocycles. The highest BCUT2D eigenvalue weighted by Crippen LogP contribution is 2.35. The van der Waals surface area contributed by atoms with Crippen molar-refractivity contribution < 1.29 is 4.79 Å². The molecule has 2 rings (SSSR count). The molecular weight excluding hydrogens is 257 g/mol.